The number of benzene rings is 2. The molecule has 1 aliphatic rings. The van der Waals surface area contributed by atoms with Crippen LogP contribution in [0.3, 0.4) is 0 Å². The van der Waals surface area contributed by atoms with Crippen molar-refractivity contribution >= 4 is 29.5 Å². The van der Waals surface area contributed by atoms with Crippen LogP contribution in [0.15, 0.2) is 48.5 Å². The Morgan fingerprint density at radius 3 is 2.26 bits per heavy atom. The minimum Gasteiger partial charge on any atom is -0.493 e. The van der Waals surface area contributed by atoms with E-state index in [1.807, 2.05) is 0 Å². The molecule has 0 N–H and O–H groups in total. The van der Waals surface area contributed by atoms with Crippen molar-refractivity contribution in [2.24, 2.45) is 0 Å². The molecule has 0 unspecified atom stereocenters. The van der Waals surface area contributed by atoms with Gasteiger partial charge in [-0.1, -0.05) is 17.7 Å². The van der Waals surface area contributed by atoms with Crippen molar-refractivity contribution in [1.82, 2.24) is 9.80 Å². The lowest BCUT2D eigenvalue weighted by Gasteiger charge is -2.34. The topological polar surface area (TPSA) is 59.1 Å². The number of amides is 2. The molecule has 0 bridgehead atoms. The molecule has 0 saturated carbocycles. The Kier molecular flexibility index (Phi) is 7.46. The van der Waals surface area contributed by atoms with Gasteiger partial charge in [0.15, 0.2) is 11.5 Å². The molecule has 2 aromatic carbocycles. The first kappa shape index (κ1) is 22.6. The number of piperazine rings is 1. The molecule has 3 rings (SSSR count). The lowest BCUT2D eigenvalue weighted by Crippen LogP contribution is -2.50. The predicted octanol–water partition coefficient (Wildman–Crippen LogP) is 3.95. The zero-order valence-corrected chi connectivity index (χ0v) is 17.5. The van der Waals surface area contributed by atoms with Gasteiger partial charge in [0, 0.05) is 42.8 Å². The van der Waals surface area contributed by atoms with E-state index in [2.05, 4.69) is 4.74 Å². The van der Waals surface area contributed by atoms with Crippen LogP contribution in [0.25, 0.3) is 6.08 Å². The molecule has 0 atom stereocenters. The number of carbonyl (C=O) groups is 2. The predicted molar refractivity (Wildman–Crippen MR) is 113 cm³/mol. The van der Waals surface area contributed by atoms with E-state index in [-0.39, 0.29) is 23.3 Å². The van der Waals surface area contributed by atoms with Gasteiger partial charge >= 0.3 is 6.61 Å². The summed E-state index contributed by atoms with van der Waals surface area (Å²) in [5.74, 6) is -0.241. The maximum absolute atomic E-state index is 12.5. The van der Waals surface area contributed by atoms with Crippen molar-refractivity contribution < 1.29 is 27.8 Å². The minimum absolute atomic E-state index is 0.0811. The first-order valence-electron chi connectivity index (χ1n) is 9.52. The van der Waals surface area contributed by atoms with Gasteiger partial charge in [0.1, 0.15) is 0 Å². The lowest BCUT2D eigenvalue weighted by molar-refractivity contribution is -0.127. The van der Waals surface area contributed by atoms with Crippen molar-refractivity contribution in [3.63, 3.8) is 0 Å². The smallest absolute Gasteiger partial charge is 0.387 e. The molecule has 164 valence electrons. The highest BCUT2D eigenvalue weighted by molar-refractivity contribution is 6.30. The van der Waals surface area contributed by atoms with Crippen LogP contribution in [0.4, 0.5) is 8.78 Å². The number of halogens is 3. The summed E-state index contributed by atoms with van der Waals surface area (Å²) in [5, 5.41) is 0.563. The molecule has 1 fully saturated rings. The number of methoxy groups -OCH3 is 1. The summed E-state index contributed by atoms with van der Waals surface area (Å²) >= 11 is 5.86. The zero-order valence-electron chi connectivity index (χ0n) is 16.8. The van der Waals surface area contributed by atoms with Gasteiger partial charge in [0.25, 0.3) is 5.91 Å². The molecule has 0 radical (unpaired) electrons. The van der Waals surface area contributed by atoms with Gasteiger partial charge in [-0.2, -0.15) is 8.78 Å². The first-order chi connectivity index (χ1) is 14.9. The van der Waals surface area contributed by atoms with Gasteiger partial charge in [-0.3, -0.25) is 9.59 Å². The fraction of sp³-hybridized carbons (Fsp3) is 0.273. The van der Waals surface area contributed by atoms with Crippen molar-refractivity contribution in [1.29, 1.82) is 0 Å². The van der Waals surface area contributed by atoms with Crippen molar-refractivity contribution in [3.8, 4) is 11.5 Å². The van der Waals surface area contributed by atoms with Crippen molar-refractivity contribution in [3.05, 3.63) is 64.7 Å². The molecule has 0 spiro atoms. The largest absolute Gasteiger partial charge is 0.493 e. The fourth-order valence-electron chi connectivity index (χ4n) is 3.16. The zero-order chi connectivity index (χ0) is 22.4. The number of rotatable bonds is 6. The van der Waals surface area contributed by atoms with E-state index in [1.54, 1.807) is 46.2 Å². The summed E-state index contributed by atoms with van der Waals surface area (Å²) in [6, 6.07) is 11.1. The van der Waals surface area contributed by atoms with E-state index in [4.69, 9.17) is 16.3 Å². The summed E-state index contributed by atoms with van der Waals surface area (Å²) < 4.78 is 34.3. The van der Waals surface area contributed by atoms with Gasteiger partial charge in [-0.25, -0.2) is 0 Å². The second-order valence-electron chi connectivity index (χ2n) is 6.75. The van der Waals surface area contributed by atoms with Crippen LogP contribution < -0.4 is 9.47 Å². The molecule has 6 nitrogen and oxygen atoms in total. The van der Waals surface area contributed by atoms with Crippen LogP contribution in [-0.4, -0.2) is 61.5 Å². The average Bonchev–Trinajstić information content (AvgIpc) is 2.78. The molecule has 9 heteroatoms. The Morgan fingerprint density at radius 1 is 1.00 bits per heavy atom. The summed E-state index contributed by atoms with van der Waals surface area (Å²) in [5.41, 5.74) is 1.15. The maximum atomic E-state index is 12.5. The van der Waals surface area contributed by atoms with Gasteiger partial charge in [-0.15, -0.1) is 0 Å². The number of nitrogens with zero attached hydrogens (tertiary/aromatic N) is 2. The Balaban J connectivity index is 1.56. The van der Waals surface area contributed by atoms with E-state index >= 15 is 0 Å². The summed E-state index contributed by atoms with van der Waals surface area (Å²) in [6.07, 6.45) is 2.97. The summed E-state index contributed by atoms with van der Waals surface area (Å²) in [7, 11) is 1.34. The Bertz CT molecular complexity index is 958. The summed E-state index contributed by atoms with van der Waals surface area (Å²) in [4.78, 5) is 28.4. The normalized spacial score (nSPS) is 14.2. The van der Waals surface area contributed by atoms with E-state index in [9.17, 15) is 18.4 Å². The van der Waals surface area contributed by atoms with Crippen LogP contribution in [-0.2, 0) is 4.79 Å². The van der Waals surface area contributed by atoms with E-state index in [1.165, 1.54) is 25.3 Å². The average molecular weight is 451 g/mol. The number of hydrogen-bond acceptors (Lipinski definition) is 4. The van der Waals surface area contributed by atoms with Crippen LogP contribution in [0.2, 0.25) is 5.02 Å². The highest BCUT2D eigenvalue weighted by atomic mass is 35.5. The minimum atomic E-state index is -2.96. The van der Waals surface area contributed by atoms with Crippen LogP contribution >= 0.6 is 11.6 Å². The quantitative estimate of drug-likeness (QED) is 0.625. The second-order valence-corrected chi connectivity index (χ2v) is 7.18. The van der Waals surface area contributed by atoms with Gasteiger partial charge in [-0.05, 0) is 48.0 Å². The fourth-order valence-corrected chi connectivity index (χ4v) is 3.29. The molecule has 1 aliphatic heterocycles. The Morgan fingerprint density at radius 2 is 1.65 bits per heavy atom. The van der Waals surface area contributed by atoms with Crippen LogP contribution in [0.1, 0.15) is 15.9 Å². The maximum Gasteiger partial charge on any atom is 0.387 e. The molecular weight excluding hydrogens is 430 g/mol. The first-order valence-corrected chi connectivity index (χ1v) is 9.90. The van der Waals surface area contributed by atoms with E-state index in [0.29, 0.717) is 42.3 Å². The van der Waals surface area contributed by atoms with Crippen molar-refractivity contribution in [2.45, 2.75) is 6.61 Å². The molecule has 0 aliphatic carbocycles. The number of alkyl halides is 2. The van der Waals surface area contributed by atoms with Crippen LogP contribution in [0, 0.1) is 0 Å². The SMILES string of the molecule is COc1cc(/C=C/C(=O)N2CCN(C(=O)c3ccc(Cl)cc3)CC2)ccc1OC(F)F. The van der Waals surface area contributed by atoms with E-state index < -0.39 is 6.61 Å². The molecular formula is C22H21ClF2N2O4. The monoisotopic (exact) mass is 450 g/mol. The Hall–Kier alpha value is -3.13. The standard InChI is InChI=1S/C22H21ClF2N2O4/c1-30-19-14-15(2-8-18(19)31-22(24)25)3-9-20(28)26-10-12-27(13-11-26)21(29)16-4-6-17(23)7-5-16/h2-9,14,22H,10-13H2,1H3/b9-3+. The van der Waals surface area contributed by atoms with Gasteiger partial charge < -0.3 is 19.3 Å². The molecule has 31 heavy (non-hydrogen) atoms. The number of ether oxygens (including phenoxy) is 2. The second kappa shape index (κ2) is 10.3. The van der Waals surface area contributed by atoms with Crippen molar-refractivity contribution in [2.75, 3.05) is 33.3 Å². The number of hydrogen-bond donors (Lipinski definition) is 0. The third-order valence-electron chi connectivity index (χ3n) is 4.79. The number of carbonyl (C=O) groups excluding carboxylic acids is 2. The molecule has 1 heterocycles. The summed E-state index contributed by atoms with van der Waals surface area (Å²) in [6.45, 7) is -1.29. The Labute approximate surface area is 183 Å². The molecule has 0 aromatic heterocycles. The third-order valence-corrected chi connectivity index (χ3v) is 5.04. The van der Waals surface area contributed by atoms with Gasteiger partial charge in [0.2, 0.25) is 5.91 Å². The molecule has 2 amide bonds. The molecule has 2 aromatic rings. The van der Waals surface area contributed by atoms with E-state index in [0.717, 1.165) is 0 Å². The lowest BCUT2D eigenvalue weighted by atomic mass is 10.1. The third kappa shape index (κ3) is 5.95. The highest BCUT2D eigenvalue weighted by Crippen LogP contribution is 2.29. The van der Waals surface area contributed by atoms with Gasteiger partial charge in [0.05, 0.1) is 7.11 Å². The molecule has 1 saturated heterocycles. The van der Waals surface area contributed by atoms with Crippen LogP contribution in [0.5, 0.6) is 11.5 Å². The highest BCUT2D eigenvalue weighted by Gasteiger charge is 2.24.